The van der Waals surface area contributed by atoms with E-state index in [9.17, 15) is 0 Å². The lowest BCUT2D eigenvalue weighted by Gasteiger charge is -2.30. The highest BCUT2D eigenvalue weighted by Gasteiger charge is 2.44. The van der Waals surface area contributed by atoms with Gasteiger partial charge < -0.3 is 0 Å². The van der Waals surface area contributed by atoms with Crippen LogP contribution in [0.15, 0.2) is 67.0 Å². The molecule has 0 saturated carbocycles. The van der Waals surface area contributed by atoms with Gasteiger partial charge in [0.15, 0.2) is 0 Å². The Morgan fingerprint density at radius 3 is 1.65 bits per heavy atom. The van der Waals surface area contributed by atoms with Gasteiger partial charge >= 0.3 is 0 Å². The average molecular weight is 627 g/mol. The summed E-state index contributed by atoms with van der Waals surface area (Å²) in [6, 6.07) is 24.1. The van der Waals surface area contributed by atoms with Gasteiger partial charge in [0.25, 0.3) is 0 Å². The highest BCUT2D eigenvalue weighted by Crippen LogP contribution is 2.46. The van der Waals surface area contributed by atoms with Gasteiger partial charge in [-0.25, -0.2) is 4.98 Å². The molecular formula is C45H47BN2. The monoisotopic (exact) mass is 626 g/mol. The molecule has 0 spiro atoms. The molecule has 0 N–H and O–H groups in total. The number of imidazole rings is 1. The molecule has 3 heterocycles. The van der Waals surface area contributed by atoms with Crippen LogP contribution in [-0.2, 0) is 10.8 Å². The largest absolute Gasteiger partial charge is 0.299 e. The second-order valence-corrected chi connectivity index (χ2v) is 16.9. The third-order valence-corrected chi connectivity index (χ3v) is 11.1. The van der Waals surface area contributed by atoms with Crippen molar-refractivity contribution >= 4 is 34.1 Å². The average Bonchev–Trinajstić information content (AvgIpc) is 3.55. The predicted octanol–water partition coefficient (Wildman–Crippen LogP) is 9.62. The Labute approximate surface area is 287 Å². The first-order valence-electron chi connectivity index (χ1n) is 17.6. The second kappa shape index (κ2) is 10.1. The maximum absolute atomic E-state index is 5.14. The van der Waals surface area contributed by atoms with Gasteiger partial charge in [-0.1, -0.05) is 107 Å². The van der Waals surface area contributed by atoms with E-state index in [4.69, 9.17) is 4.98 Å². The van der Waals surface area contributed by atoms with Crippen LogP contribution in [0.1, 0.15) is 86.1 Å². The summed E-state index contributed by atoms with van der Waals surface area (Å²) in [7, 11) is 0. The minimum absolute atomic E-state index is 0.00548. The molecule has 0 saturated heterocycles. The molecular weight excluding hydrogens is 579 g/mol. The van der Waals surface area contributed by atoms with Crippen LogP contribution in [0, 0.1) is 41.5 Å². The smallest absolute Gasteiger partial charge is 0.248 e. The molecule has 0 bridgehead atoms. The Morgan fingerprint density at radius 1 is 0.542 bits per heavy atom. The first kappa shape index (κ1) is 30.9. The zero-order valence-corrected chi connectivity index (χ0v) is 30.8. The molecule has 0 aliphatic carbocycles. The number of aryl methyl sites for hydroxylation is 6. The summed E-state index contributed by atoms with van der Waals surface area (Å²) in [4.78, 5) is 5.14. The Kier molecular flexibility index (Phi) is 6.50. The number of aromatic nitrogens is 2. The molecule has 240 valence electrons. The van der Waals surface area contributed by atoms with E-state index in [2.05, 4.69) is 155 Å². The quantitative estimate of drug-likeness (QED) is 0.175. The van der Waals surface area contributed by atoms with Crippen LogP contribution < -0.4 is 16.4 Å². The Morgan fingerprint density at radius 2 is 1.08 bits per heavy atom. The van der Waals surface area contributed by atoms with Crippen LogP contribution >= 0.6 is 0 Å². The number of rotatable bonds is 2. The van der Waals surface area contributed by atoms with Crippen LogP contribution in [0.5, 0.6) is 0 Å². The van der Waals surface area contributed by atoms with Gasteiger partial charge in [-0.05, 0) is 137 Å². The Hall–Kier alpha value is -4.37. The lowest BCUT2D eigenvalue weighted by Crippen LogP contribution is -2.53. The maximum Gasteiger partial charge on any atom is 0.248 e. The van der Waals surface area contributed by atoms with Crippen molar-refractivity contribution in [3.63, 3.8) is 0 Å². The zero-order valence-electron chi connectivity index (χ0n) is 30.8. The van der Waals surface area contributed by atoms with Gasteiger partial charge in [0.05, 0.1) is 16.7 Å². The molecule has 0 atom stereocenters. The van der Waals surface area contributed by atoms with E-state index < -0.39 is 0 Å². The minimum Gasteiger partial charge on any atom is -0.299 e. The lowest BCUT2D eigenvalue weighted by molar-refractivity contribution is 0.591. The fourth-order valence-corrected chi connectivity index (χ4v) is 9.10. The molecule has 2 aliphatic rings. The predicted molar refractivity (Wildman–Crippen MR) is 208 cm³/mol. The van der Waals surface area contributed by atoms with Gasteiger partial charge in [0.1, 0.15) is 6.33 Å². The van der Waals surface area contributed by atoms with Crippen molar-refractivity contribution in [1.82, 2.24) is 9.55 Å². The first-order chi connectivity index (χ1) is 22.5. The van der Waals surface area contributed by atoms with Crippen molar-refractivity contribution in [2.45, 2.75) is 93.9 Å². The van der Waals surface area contributed by atoms with Gasteiger partial charge in [-0.3, -0.25) is 4.57 Å². The number of fused-ring (bicyclic) bond motifs is 5. The molecule has 1 aromatic heterocycles. The van der Waals surface area contributed by atoms with E-state index >= 15 is 0 Å². The fraction of sp³-hybridized carbons (Fsp3) is 0.311. The highest BCUT2D eigenvalue weighted by atomic mass is 15.1. The minimum atomic E-state index is 0.00548. The maximum atomic E-state index is 5.14. The van der Waals surface area contributed by atoms with Gasteiger partial charge in [-0.2, -0.15) is 0 Å². The number of hydrogen-bond acceptors (Lipinski definition) is 1. The Balaban J connectivity index is 1.61. The number of benzene rings is 5. The molecule has 8 rings (SSSR count). The SMILES string of the molecule is Cc1cc(C)c(-c2cc(-c3c(C)cc(C)cc3C)c3c4c2-c2ccc(C(C)(C)C)cc2B4c2cc(C(C)(C)C)cc4ncn-3c24)c(C)c1. The topological polar surface area (TPSA) is 17.8 Å². The van der Waals surface area contributed by atoms with E-state index in [0.717, 1.165) is 5.52 Å². The van der Waals surface area contributed by atoms with Crippen LogP contribution in [-0.4, -0.2) is 16.3 Å². The molecule has 6 aromatic rings. The van der Waals surface area contributed by atoms with Crippen molar-refractivity contribution in [3.8, 4) is 39.1 Å². The number of nitrogens with zero attached hydrogens (tertiary/aromatic N) is 2. The van der Waals surface area contributed by atoms with Crippen LogP contribution in [0.2, 0.25) is 0 Å². The summed E-state index contributed by atoms with van der Waals surface area (Å²) in [5.41, 5.74) is 26.7. The van der Waals surface area contributed by atoms with Crippen molar-refractivity contribution in [2.75, 3.05) is 0 Å². The zero-order chi connectivity index (χ0) is 34.2. The summed E-state index contributed by atoms with van der Waals surface area (Å²) in [6.45, 7) is 27.7. The molecule has 2 aliphatic heterocycles. The van der Waals surface area contributed by atoms with Crippen LogP contribution in [0.25, 0.3) is 50.1 Å². The lowest BCUT2D eigenvalue weighted by atomic mass is 9.37. The van der Waals surface area contributed by atoms with Crippen molar-refractivity contribution in [2.24, 2.45) is 0 Å². The fourth-order valence-electron chi connectivity index (χ4n) is 9.10. The second-order valence-electron chi connectivity index (χ2n) is 16.9. The van der Waals surface area contributed by atoms with E-state index in [-0.39, 0.29) is 17.5 Å². The summed E-state index contributed by atoms with van der Waals surface area (Å²) in [6.07, 6.45) is 2.10. The molecule has 5 aromatic carbocycles. The molecule has 2 nitrogen and oxygen atoms in total. The van der Waals surface area contributed by atoms with E-state index in [1.807, 2.05) is 0 Å². The molecule has 3 heteroatoms. The van der Waals surface area contributed by atoms with E-state index in [1.165, 1.54) is 105 Å². The normalized spacial score (nSPS) is 13.4. The molecule has 0 fully saturated rings. The van der Waals surface area contributed by atoms with Gasteiger partial charge in [0, 0.05) is 5.56 Å². The van der Waals surface area contributed by atoms with Crippen molar-refractivity contribution in [1.29, 1.82) is 0 Å². The van der Waals surface area contributed by atoms with Gasteiger partial charge in [-0.15, -0.1) is 0 Å². The van der Waals surface area contributed by atoms with Crippen molar-refractivity contribution in [3.05, 3.63) is 111 Å². The first-order valence-corrected chi connectivity index (χ1v) is 17.6. The molecule has 0 radical (unpaired) electrons. The highest BCUT2D eigenvalue weighted by molar-refractivity contribution is 7.01. The molecule has 0 unspecified atom stereocenters. The summed E-state index contributed by atoms with van der Waals surface area (Å²) in [5, 5.41) is 0. The standard InChI is InChI=1S/C45H47BN2/c1-24-15-26(3)38(27(4)16-24)33-22-34(39-28(5)17-25(2)18-29(39)6)42-41-40(33)32-14-13-30(44(7,8)9)19-35(32)46(41)36-20-31(45(10,11)12)21-37-43(36)48(42)23-47-37/h13-23H,1-12H3. The summed E-state index contributed by atoms with van der Waals surface area (Å²) >= 11 is 0. The number of hydrogen-bond donors (Lipinski definition) is 0. The van der Waals surface area contributed by atoms with E-state index in [0.29, 0.717) is 0 Å². The summed E-state index contributed by atoms with van der Waals surface area (Å²) < 4.78 is 2.44. The van der Waals surface area contributed by atoms with Gasteiger partial charge in [0.2, 0.25) is 6.71 Å². The third-order valence-electron chi connectivity index (χ3n) is 11.1. The third kappa shape index (κ3) is 4.36. The van der Waals surface area contributed by atoms with Crippen molar-refractivity contribution < 1.29 is 0 Å². The van der Waals surface area contributed by atoms with Crippen LogP contribution in [0.3, 0.4) is 0 Å². The Bertz CT molecular complexity index is 2320. The molecule has 0 amide bonds. The van der Waals surface area contributed by atoms with Crippen LogP contribution in [0.4, 0.5) is 0 Å². The summed E-state index contributed by atoms with van der Waals surface area (Å²) in [5.74, 6) is 0. The molecule has 48 heavy (non-hydrogen) atoms. The van der Waals surface area contributed by atoms with E-state index in [1.54, 1.807) is 0 Å².